The number of hydrogen-bond acceptors (Lipinski definition) is 6. The van der Waals surface area contributed by atoms with Gasteiger partial charge in [0.05, 0.1) is 11.3 Å². The molecule has 29 heavy (non-hydrogen) atoms. The van der Waals surface area contributed by atoms with Gasteiger partial charge in [0, 0.05) is 30.3 Å². The number of amides is 1. The molecule has 0 saturated heterocycles. The smallest absolute Gasteiger partial charge is 0.251 e. The Kier molecular flexibility index (Phi) is 5.37. The third kappa shape index (κ3) is 4.18. The number of carbonyl (C=O) groups is 1. The molecule has 0 bridgehead atoms. The molecular formula is C22H23N3O3S. The van der Waals surface area contributed by atoms with Crippen molar-refractivity contribution < 1.29 is 14.3 Å². The maximum atomic E-state index is 12.4. The van der Waals surface area contributed by atoms with Crippen LogP contribution in [0.15, 0.2) is 29.3 Å². The van der Waals surface area contributed by atoms with Crippen LogP contribution in [0.1, 0.15) is 48.9 Å². The summed E-state index contributed by atoms with van der Waals surface area (Å²) in [4.78, 5) is 16.8. The second kappa shape index (κ2) is 7.96. The Balaban J connectivity index is 1.40. The number of nitrogens with zero attached hydrogens (tertiary/aromatic N) is 2. The molecule has 150 valence electrons. The monoisotopic (exact) mass is 409 g/mol. The Hall–Kier alpha value is -2.72. The van der Waals surface area contributed by atoms with E-state index in [0.717, 1.165) is 42.7 Å². The van der Waals surface area contributed by atoms with Crippen molar-refractivity contribution in [1.82, 2.24) is 4.98 Å². The van der Waals surface area contributed by atoms with E-state index in [1.165, 1.54) is 18.2 Å². The molecule has 2 heterocycles. The molecule has 1 spiro atoms. The summed E-state index contributed by atoms with van der Waals surface area (Å²) in [6, 6.07) is 9.53. The van der Waals surface area contributed by atoms with E-state index in [4.69, 9.17) is 9.47 Å². The first-order chi connectivity index (χ1) is 14.0. The number of thioether (sulfide) groups is 1. The number of nitriles is 1. The van der Waals surface area contributed by atoms with Crippen molar-refractivity contribution in [3.05, 3.63) is 41.1 Å². The van der Waals surface area contributed by atoms with Gasteiger partial charge in [-0.15, -0.1) is 0 Å². The first-order valence-electron chi connectivity index (χ1n) is 9.81. The molecule has 1 N–H and O–H groups in total. The van der Waals surface area contributed by atoms with Crippen molar-refractivity contribution in [2.24, 2.45) is 0 Å². The minimum absolute atomic E-state index is 0.161. The van der Waals surface area contributed by atoms with Gasteiger partial charge in [0.15, 0.2) is 11.5 Å². The van der Waals surface area contributed by atoms with Gasteiger partial charge in [-0.3, -0.25) is 4.79 Å². The van der Waals surface area contributed by atoms with Crippen LogP contribution in [-0.4, -0.2) is 22.4 Å². The summed E-state index contributed by atoms with van der Waals surface area (Å²) in [5, 5.41) is 12.8. The van der Waals surface area contributed by atoms with E-state index in [2.05, 4.69) is 16.4 Å². The highest BCUT2D eigenvalue weighted by molar-refractivity contribution is 8.00. The maximum absolute atomic E-state index is 12.4. The number of fused-ring (bicyclic) bond motifs is 1. The summed E-state index contributed by atoms with van der Waals surface area (Å²) >= 11 is 1.27. The van der Waals surface area contributed by atoms with Crippen LogP contribution in [-0.2, 0) is 4.79 Å². The van der Waals surface area contributed by atoms with Crippen molar-refractivity contribution in [3.8, 4) is 17.6 Å². The summed E-state index contributed by atoms with van der Waals surface area (Å²) in [6.45, 7) is 3.76. The van der Waals surface area contributed by atoms with Gasteiger partial charge >= 0.3 is 0 Å². The molecule has 1 aromatic carbocycles. The molecule has 1 aliphatic carbocycles. The minimum atomic E-state index is -0.526. The van der Waals surface area contributed by atoms with Crippen LogP contribution in [0, 0.1) is 25.2 Å². The van der Waals surface area contributed by atoms with Crippen molar-refractivity contribution in [2.45, 2.75) is 56.8 Å². The molecule has 1 amide bonds. The highest BCUT2D eigenvalue weighted by Crippen LogP contribution is 2.46. The van der Waals surface area contributed by atoms with E-state index in [0.29, 0.717) is 22.0 Å². The number of benzene rings is 1. The number of nitrogens with one attached hydrogen (secondary N) is 1. The average molecular weight is 410 g/mol. The van der Waals surface area contributed by atoms with E-state index in [9.17, 15) is 10.1 Å². The number of hydrogen-bond donors (Lipinski definition) is 1. The normalized spacial score (nSPS) is 16.4. The van der Waals surface area contributed by atoms with Gasteiger partial charge in [-0.2, -0.15) is 5.26 Å². The highest BCUT2D eigenvalue weighted by Gasteiger charge is 2.42. The van der Waals surface area contributed by atoms with Gasteiger partial charge in [-0.25, -0.2) is 4.98 Å². The van der Waals surface area contributed by atoms with Crippen molar-refractivity contribution >= 4 is 23.4 Å². The number of anilines is 1. The van der Waals surface area contributed by atoms with Crippen LogP contribution in [0.2, 0.25) is 0 Å². The quantitative estimate of drug-likeness (QED) is 0.735. The fraction of sp³-hybridized carbons (Fsp3) is 0.409. The van der Waals surface area contributed by atoms with Gasteiger partial charge < -0.3 is 14.8 Å². The summed E-state index contributed by atoms with van der Waals surface area (Å²) in [7, 11) is 0. The third-order valence-corrected chi connectivity index (χ3v) is 6.17. The first kappa shape index (κ1) is 19.6. The molecule has 1 fully saturated rings. The molecule has 2 aromatic rings. The van der Waals surface area contributed by atoms with E-state index >= 15 is 0 Å². The Morgan fingerprint density at radius 2 is 1.97 bits per heavy atom. The van der Waals surface area contributed by atoms with Crippen molar-refractivity contribution in [3.63, 3.8) is 0 Å². The predicted octanol–water partition coefficient (Wildman–Crippen LogP) is 4.73. The lowest BCUT2D eigenvalue weighted by Crippen LogP contribution is -2.40. The van der Waals surface area contributed by atoms with Gasteiger partial charge in [0.25, 0.3) is 5.79 Å². The molecule has 0 radical (unpaired) electrons. The number of carbonyl (C=O) groups excluding carboxylic acids is 1. The highest BCUT2D eigenvalue weighted by atomic mass is 32.2. The molecule has 4 rings (SSSR count). The fourth-order valence-corrected chi connectivity index (χ4v) is 4.74. The molecule has 1 aliphatic heterocycles. The lowest BCUT2D eigenvalue weighted by molar-refractivity contribution is -0.113. The number of aromatic nitrogens is 1. The van der Waals surface area contributed by atoms with Crippen LogP contribution < -0.4 is 14.8 Å². The van der Waals surface area contributed by atoms with E-state index in [1.807, 2.05) is 38.1 Å². The zero-order valence-corrected chi connectivity index (χ0v) is 17.4. The molecule has 1 aromatic heterocycles. The predicted molar refractivity (Wildman–Crippen MR) is 111 cm³/mol. The fourth-order valence-electron chi connectivity index (χ4n) is 3.84. The van der Waals surface area contributed by atoms with E-state index in [-0.39, 0.29) is 11.7 Å². The van der Waals surface area contributed by atoms with E-state index < -0.39 is 5.79 Å². The van der Waals surface area contributed by atoms with Crippen molar-refractivity contribution in [2.75, 3.05) is 11.1 Å². The van der Waals surface area contributed by atoms with Gasteiger partial charge in [-0.1, -0.05) is 18.2 Å². The Morgan fingerprint density at radius 3 is 2.72 bits per heavy atom. The van der Waals surface area contributed by atoms with Crippen LogP contribution in [0.5, 0.6) is 11.5 Å². The standard InChI is InChI=1S/C22H23N3O3S/c1-14-10-15(2)24-21(17(14)12-23)29-13-20(26)25-16-6-7-18-19(11-16)28-22(27-18)8-4-3-5-9-22/h6-7,10-11H,3-5,8-9,13H2,1-2H3,(H,25,26). The lowest BCUT2D eigenvalue weighted by atomic mass is 9.94. The minimum Gasteiger partial charge on any atom is -0.448 e. The maximum Gasteiger partial charge on any atom is 0.251 e. The SMILES string of the molecule is Cc1cc(C)c(C#N)c(SCC(=O)Nc2ccc3c(c2)OC2(CCCCC2)O3)n1. The molecule has 7 heteroatoms. The second-order valence-corrected chi connectivity index (χ2v) is 8.51. The summed E-state index contributed by atoms with van der Waals surface area (Å²) in [5.41, 5.74) is 2.89. The third-order valence-electron chi connectivity index (χ3n) is 5.20. The van der Waals surface area contributed by atoms with Crippen LogP contribution in [0.4, 0.5) is 5.69 Å². The number of pyridine rings is 1. The Labute approximate surface area is 174 Å². The van der Waals surface area contributed by atoms with Gasteiger partial charge in [-0.05, 0) is 50.5 Å². The number of ether oxygens (including phenoxy) is 2. The largest absolute Gasteiger partial charge is 0.448 e. The Morgan fingerprint density at radius 1 is 1.21 bits per heavy atom. The molecule has 0 unspecified atom stereocenters. The van der Waals surface area contributed by atoms with Crippen LogP contribution >= 0.6 is 11.8 Å². The zero-order valence-electron chi connectivity index (χ0n) is 16.6. The zero-order chi connectivity index (χ0) is 20.4. The summed E-state index contributed by atoms with van der Waals surface area (Å²) in [6.07, 6.45) is 5.21. The van der Waals surface area contributed by atoms with Crippen molar-refractivity contribution in [1.29, 1.82) is 5.26 Å². The molecule has 1 saturated carbocycles. The van der Waals surface area contributed by atoms with Crippen LogP contribution in [0.25, 0.3) is 0 Å². The number of rotatable bonds is 4. The summed E-state index contributed by atoms with van der Waals surface area (Å²) in [5.74, 6) is 0.897. The first-order valence-corrected chi connectivity index (χ1v) is 10.8. The van der Waals surface area contributed by atoms with Crippen LogP contribution in [0.3, 0.4) is 0 Å². The lowest BCUT2D eigenvalue weighted by Gasteiger charge is -2.31. The Bertz CT molecular complexity index is 994. The van der Waals surface area contributed by atoms with Gasteiger partial charge in [0.1, 0.15) is 11.1 Å². The molecule has 2 aliphatic rings. The second-order valence-electron chi connectivity index (χ2n) is 7.55. The average Bonchev–Trinajstić information content (AvgIpc) is 3.03. The molecular weight excluding hydrogens is 386 g/mol. The number of aryl methyl sites for hydroxylation is 2. The summed E-state index contributed by atoms with van der Waals surface area (Å²) < 4.78 is 12.2. The molecule has 0 atom stereocenters. The van der Waals surface area contributed by atoms with E-state index in [1.54, 1.807) is 0 Å². The topological polar surface area (TPSA) is 84.2 Å². The van der Waals surface area contributed by atoms with Gasteiger partial charge in [0.2, 0.25) is 5.91 Å². The molecule has 6 nitrogen and oxygen atoms in total.